The molecule has 0 aromatic rings. The predicted molar refractivity (Wildman–Crippen MR) is 83.3 cm³/mol. The van der Waals surface area contributed by atoms with Gasteiger partial charge >= 0.3 is 0 Å². The van der Waals surface area contributed by atoms with E-state index in [9.17, 15) is 4.79 Å². The third-order valence-corrected chi connectivity index (χ3v) is 2.81. The Balaban J connectivity index is 4.59. The van der Waals surface area contributed by atoms with Crippen LogP contribution >= 0.6 is 11.6 Å². The Morgan fingerprint density at radius 2 is 1.90 bits per heavy atom. The van der Waals surface area contributed by atoms with E-state index >= 15 is 0 Å². The highest BCUT2D eigenvalue weighted by Gasteiger charge is 2.24. The largest absolute Gasteiger partial charge is 0.385 e. The van der Waals surface area contributed by atoms with Crippen molar-refractivity contribution in [2.75, 3.05) is 12.4 Å². The molecule has 5 heteroatoms. The lowest BCUT2D eigenvalue weighted by Gasteiger charge is -2.33. The molecule has 20 heavy (non-hydrogen) atoms. The van der Waals surface area contributed by atoms with Crippen LogP contribution in [-0.2, 0) is 4.79 Å². The molecule has 0 aromatic carbocycles. The van der Waals surface area contributed by atoms with E-state index in [1.165, 1.54) is 6.20 Å². The number of alkyl halides is 1. The summed E-state index contributed by atoms with van der Waals surface area (Å²) in [4.78, 5) is 11.8. The Hall–Kier alpha value is -1.21. The van der Waals surface area contributed by atoms with E-state index in [4.69, 9.17) is 16.9 Å². The molecule has 0 aliphatic rings. The first kappa shape index (κ1) is 18.8. The third kappa shape index (κ3) is 8.82. The number of nitriles is 1. The highest BCUT2D eigenvalue weighted by molar-refractivity contribution is 6.17. The van der Waals surface area contributed by atoms with Crippen molar-refractivity contribution in [3.63, 3.8) is 0 Å². The molecule has 0 aliphatic carbocycles. The van der Waals surface area contributed by atoms with E-state index in [1.807, 2.05) is 6.07 Å². The lowest BCUT2D eigenvalue weighted by Crippen LogP contribution is -2.40. The van der Waals surface area contributed by atoms with Crippen LogP contribution in [0.5, 0.6) is 0 Å². The number of hydrogen-bond donors (Lipinski definition) is 2. The molecule has 0 saturated heterocycles. The van der Waals surface area contributed by atoms with E-state index in [0.29, 0.717) is 18.8 Å². The van der Waals surface area contributed by atoms with Gasteiger partial charge in [-0.25, -0.2) is 0 Å². The van der Waals surface area contributed by atoms with Crippen LogP contribution in [0.2, 0.25) is 0 Å². The molecule has 0 radical (unpaired) electrons. The molecule has 2 N–H and O–H groups in total. The fourth-order valence-corrected chi connectivity index (χ4v) is 2.29. The number of halogens is 1. The van der Waals surface area contributed by atoms with Gasteiger partial charge in [-0.1, -0.05) is 20.8 Å². The predicted octanol–water partition coefficient (Wildman–Crippen LogP) is 2.94. The SMILES string of the molecule is CC(C)(C)CC(C)(C)N/C=C(/C#N)C(=O)NCCCCl. The van der Waals surface area contributed by atoms with Crippen LogP contribution in [0.15, 0.2) is 11.8 Å². The molecule has 0 unspecified atom stereocenters. The highest BCUT2D eigenvalue weighted by Crippen LogP contribution is 2.26. The summed E-state index contributed by atoms with van der Waals surface area (Å²) in [6, 6.07) is 1.92. The van der Waals surface area contributed by atoms with Gasteiger partial charge in [-0.3, -0.25) is 4.79 Å². The summed E-state index contributed by atoms with van der Waals surface area (Å²) in [5.74, 6) is 0.125. The van der Waals surface area contributed by atoms with Gasteiger partial charge in [-0.15, -0.1) is 11.6 Å². The van der Waals surface area contributed by atoms with Crippen LogP contribution in [0, 0.1) is 16.7 Å². The zero-order valence-corrected chi connectivity index (χ0v) is 13.9. The minimum Gasteiger partial charge on any atom is -0.385 e. The normalized spacial score (nSPS) is 12.8. The Kier molecular flexibility index (Phi) is 7.67. The zero-order chi connectivity index (χ0) is 15.8. The monoisotopic (exact) mass is 299 g/mol. The topological polar surface area (TPSA) is 64.9 Å². The van der Waals surface area contributed by atoms with Crippen molar-refractivity contribution in [3.05, 3.63) is 11.8 Å². The van der Waals surface area contributed by atoms with Gasteiger partial charge in [0.1, 0.15) is 11.6 Å². The standard InChI is InChI=1S/C15H26ClN3O/c1-14(2,3)11-15(4,5)19-10-12(9-17)13(20)18-8-6-7-16/h10,19H,6-8,11H2,1-5H3,(H,18,20)/b12-10-. The van der Waals surface area contributed by atoms with Crippen molar-refractivity contribution in [2.24, 2.45) is 5.41 Å². The number of nitrogens with one attached hydrogen (secondary N) is 2. The Bertz CT molecular complexity index is 389. The summed E-state index contributed by atoms with van der Waals surface area (Å²) in [6.45, 7) is 11.1. The smallest absolute Gasteiger partial charge is 0.263 e. The lowest BCUT2D eigenvalue weighted by molar-refractivity contribution is -0.117. The molecule has 0 heterocycles. The maximum Gasteiger partial charge on any atom is 0.263 e. The number of amides is 1. The van der Waals surface area contributed by atoms with Crippen molar-refractivity contribution < 1.29 is 4.79 Å². The summed E-state index contributed by atoms with van der Waals surface area (Å²) in [5.41, 5.74) is 0.0674. The van der Waals surface area contributed by atoms with Gasteiger partial charge in [0, 0.05) is 24.2 Å². The van der Waals surface area contributed by atoms with Gasteiger partial charge < -0.3 is 10.6 Å². The average Bonchev–Trinajstić information content (AvgIpc) is 2.26. The quantitative estimate of drug-likeness (QED) is 0.329. The van der Waals surface area contributed by atoms with E-state index in [0.717, 1.165) is 6.42 Å². The van der Waals surface area contributed by atoms with Gasteiger partial charge in [0.25, 0.3) is 5.91 Å². The molecular formula is C15H26ClN3O. The molecule has 0 atom stereocenters. The molecule has 0 saturated carbocycles. The highest BCUT2D eigenvalue weighted by atomic mass is 35.5. The third-order valence-electron chi connectivity index (χ3n) is 2.54. The van der Waals surface area contributed by atoms with E-state index < -0.39 is 0 Å². The van der Waals surface area contributed by atoms with Crippen LogP contribution in [0.1, 0.15) is 47.5 Å². The Morgan fingerprint density at radius 1 is 1.30 bits per heavy atom. The molecule has 0 spiro atoms. The molecule has 1 amide bonds. The maximum atomic E-state index is 11.8. The zero-order valence-electron chi connectivity index (χ0n) is 13.1. The van der Waals surface area contributed by atoms with Gasteiger partial charge in [0.15, 0.2) is 0 Å². The maximum absolute atomic E-state index is 11.8. The van der Waals surface area contributed by atoms with Crippen LogP contribution in [0.3, 0.4) is 0 Å². The number of hydrogen-bond acceptors (Lipinski definition) is 3. The molecule has 0 rings (SSSR count). The van der Waals surface area contributed by atoms with Crippen molar-refractivity contribution in [3.8, 4) is 6.07 Å². The van der Waals surface area contributed by atoms with Crippen molar-refractivity contribution in [2.45, 2.75) is 53.0 Å². The first-order chi connectivity index (χ1) is 9.11. The number of nitrogens with zero attached hydrogens (tertiary/aromatic N) is 1. The number of rotatable bonds is 7. The fourth-order valence-electron chi connectivity index (χ4n) is 2.16. The summed E-state index contributed by atoms with van der Waals surface area (Å²) < 4.78 is 0. The van der Waals surface area contributed by atoms with Gasteiger partial charge in [0.2, 0.25) is 0 Å². The average molecular weight is 300 g/mol. The molecule has 0 fully saturated rings. The summed E-state index contributed by atoms with van der Waals surface area (Å²) in [6.07, 6.45) is 3.11. The second-order valence-electron chi connectivity index (χ2n) is 6.73. The first-order valence-electron chi connectivity index (χ1n) is 6.83. The molecule has 114 valence electrons. The van der Waals surface area contributed by atoms with Gasteiger partial charge in [-0.2, -0.15) is 5.26 Å². The molecule has 4 nitrogen and oxygen atoms in total. The second-order valence-corrected chi connectivity index (χ2v) is 7.11. The summed E-state index contributed by atoms with van der Waals surface area (Å²) >= 11 is 5.54. The molecule has 0 aliphatic heterocycles. The van der Waals surface area contributed by atoms with Gasteiger partial charge in [0.05, 0.1) is 0 Å². The van der Waals surface area contributed by atoms with E-state index in [2.05, 4.69) is 45.3 Å². The second kappa shape index (κ2) is 8.16. The van der Waals surface area contributed by atoms with Crippen LogP contribution in [0.4, 0.5) is 0 Å². The summed E-state index contributed by atoms with van der Waals surface area (Å²) in [7, 11) is 0. The Morgan fingerprint density at radius 3 is 2.35 bits per heavy atom. The van der Waals surface area contributed by atoms with Crippen molar-refractivity contribution in [1.29, 1.82) is 5.26 Å². The lowest BCUT2D eigenvalue weighted by atomic mass is 9.82. The minimum atomic E-state index is -0.364. The van der Waals surface area contributed by atoms with Gasteiger partial charge in [-0.05, 0) is 32.1 Å². The number of carbonyl (C=O) groups excluding carboxylic acids is 1. The molecular weight excluding hydrogens is 274 g/mol. The first-order valence-corrected chi connectivity index (χ1v) is 7.37. The van der Waals surface area contributed by atoms with Crippen molar-refractivity contribution in [1.82, 2.24) is 10.6 Å². The van der Waals surface area contributed by atoms with Crippen molar-refractivity contribution >= 4 is 17.5 Å². The molecule has 0 aromatic heterocycles. The molecule has 0 bridgehead atoms. The number of carbonyl (C=O) groups is 1. The Labute approximate surface area is 127 Å². The van der Waals surface area contributed by atoms with Crippen LogP contribution in [-0.4, -0.2) is 23.9 Å². The van der Waals surface area contributed by atoms with Crippen LogP contribution in [0.25, 0.3) is 0 Å². The van der Waals surface area contributed by atoms with E-state index in [-0.39, 0.29) is 22.4 Å². The minimum absolute atomic E-state index is 0.0848. The van der Waals surface area contributed by atoms with E-state index in [1.54, 1.807) is 0 Å². The fraction of sp³-hybridized carbons (Fsp3) is 0.733. The summed E-state index contributed by atoms with van der Waals surface area (Å²) in [5, 5.41) is 14.9. The van der Waals surface area contributed by atoms with Crippen LogP contribution < -0.4 is 10.6 Å².